The van der Waals surface area contributed by atoms with E-state index in [0.29, 0.717) is 19.6 Å². The predicted octanol–water partition coefficient (Wildman–Crippen LogP) is 2.27. The van der Waals surface area contributed by atoms with Crippen molar-refractivity contribution >= 4 is 5.97 Å². The van der Waals surface area contributed by atoms with Crippen molar-refractivity contribution in [2.24, 2.45) is 5.73 Å². The molecule has 19 heavy (non-hydrogen) atoms. The fraction of sp³-hybridized carbons (Fsp3) is 0.533. The number of benzene rings is 1. The largest absolute Gasteiger partial charge is 0.493 e. The molecule has 0 aliphatic heterocycles. The lowest BCUT2D eigenvalue weighted by Gasteiger charge is -2.15. The van der Waals surface area contributed by atoms with Crippen LogP contribution in [0.15, 0.2) is 12.1 Å². The van der Waals surface area contributed by atoms with Crippen LogP contribution in [-0.2, 0) is 9.53 Å². The van der Waals surface area contributed by atoms with Crippen LogP contribution in [0.5, 0.6) is 5.75 Å². The number of aryl methyl sites for hydroxylation is 3. The minimum atomic E-state index is -0.619. The number of carbonyl (C=O) groups is 1. The molecule has 1 unspecified atom stereocenters. The van der Waals surface area contributed by atoms with Gasteiger partial charge in [-0.05, 0) is 38.8 Å². The predicted molar refractivity (Wildman–Crippen MR) is 75.4 cm³/mol. The van der Waals surface area contributed by atoms with Gasteiger partial charge in [-0.15, -0.1) is 0 Å². The summed E-state index contributed by atoms with van der Waals surface area (Å²) < 4.78 is 10.6. The van der Waals surface area contributed by atoms with Crippen LogP contribution in [0.3, 0.4) is 0 Å². The number of esters is 1. The molecular weight excluding hydrogens is 242 g/mol. The number of rotatable bonds is 6. The first-order valence-electron chi connectivity index (χ1n) is 6.58. The van der Waals surface area contributed by atoms with E-state index < -0.39 is 6.04 Å². The lowest BCUT2D eigenvalue weighted by atomic mass is 10.1. The Hall–Kier alpha value is -1.55. The van der Waals surface area contributed by atoms with E-state index in [0.717, 1.165) is 16.9 Å². The van der Waals surface area contributed by atoms with Gasteiger partial charge in [0.25, 0.3) is 0 Å². The van der Waals surface area contributed by atoms with Crippen LogP contribution >= 0.6 is 0 Å². The molecule has 0 saturated heterocycles. The molecule has 0 heterocycles. The molecule has 1 rings (SSSR count). The Kier molecular flexibility index (Phi) is 5.83. The number of carbonyl (C=O) groups excluding carboxylic acids is 1. The Morgan fingerprint density at radius 3 is 2.37 bits per heavy atom. The second-order valence-electron chi connectivity index (χ2n) is 4.72. The molecule has 0 bridgehead atoms. The van der Waals surface area contributed by atoms with E-state index in [9.17, 15) is 4.79 Å². The average Bonchev–Trinajstić information content (AvgIpc) is 2.32. The average molecular weight is 265 g/mol. The summed E-state index contributed by atoms with van der Waals surface area (Å²) in [5, 5.41) is 0. The van der Waals surface area contributed by atoms with Crippen molar-refractivity contribution in [3.63, 3.8) is 0 Å². The van der Waals surface area contributed by atoms with E-state index in [1.165, 1.54) is 5.56 Å². The van der Waals surface area contributed by atoms with Crippen molar-refractivity contribution in [2.45, 2.75) is 40.2 Å². The lowest BCUT2D eigenvalue weighted by molar-refractivity contribution is -0.145. The zero-order chi connectivity index (χ0) is 14.4. The smallest absolute Gasteiger partial charge is 0.323 e. The molecule has 0 fully saturated rings. The zero-order valence-corrected chi connectivity index (χ0v) is 12.2. The van der Waals surface area contributed by atoms with Crippen LogP contribution in [-0.4, -0.2) is 25.2 Å². The highest BCUT2D eigenvalue weighted by molar-refractivity contribution is 5.75. The SMILES string of the molecule is CCOC(=O)C(N)CCOc1c(C)cc(C)cc1C. The first kappa shape index (κ1) is 15.5. The number of hydrogen-bond donors (Lipinski definition) is 1. The fourth-order valence-electron chi connectivity index (χ4n) is 2.05. The molecule has 2 N–H and O–H groups in total. The summed E-state index contributed by atoms with van der Waals surface area (Å²) in [6, 6.07) is 3.53. The highest BCUT2D eigenvalue weighted by atomic mass is 16.5. The Bertz CT molecular complexity index is 420. The van der Waals surface area contributed by atoms with Gasteiger partial charge >= 0.3 is 5.97 Å². The van der Waals surface area contributed by atoms with Gasteiger partial charge in [-0.25, -0.2) is 0 Å². The molecule has 0 radical (unpaired) electrons. The van der Waals surface area contributed by atoms with Crippen molar-refractivity contribution < 1.29 is 14.3 Å². The summed E-state index contributed by atoms with van der Waals surface area (Å²) in [5.74, 6) is 0.505. The van der Waals surface area contributed by atoms with Gasteiger partial charge < -0.3 is 15.2 Å². The van der Waals surface area contributed by atoms with Gasteiger partial charge in [-0.1, -0.05) is 17.7 Å². The fourth-order valence-corrected chi connectivity index (χ4v) is 2.05. The van der Waals surface area contributed by atoms with E-state index in [1.807, 2.05) is 13.8 Å². The van der Waals surface area contributed by atoms with Crippen molar-refractivity contribution in [2.75, 3.05) is 13.2 Å². The Morgan fingerprint density at radius 1 is 1.26 bits per heavy atom. The Labute approximate surface area is 114 Å². The number of hydrogen-bond acceptors (Lipinski definition) is 4. The molecule has 1 aromatic rings. The normalized spacial score (nSPS) is 12.1. The summed E-state index contributed by atoms with van der Waals surface area (Å²) in [7, 11) is 0. The summed E-state index contributed by atoms with van der Waals surface area (Å²) in [6.07, 6.45) is 0.450. The standard InChI is InChI=1S/C15H23NO3/c1-5-18-15(17)13(16)6-7-19-14-11(3)8-10(2)9-12(14)4/h8-9,13H,5-7,16H2,1-4H3. The van der Waals surface area contributed by atoms with E-state index in [1.54, 1.807) is 6.92 Å². The van der Waals surface area contributed by atoms with E-state index in [4.69, 9.17) is 15.2 Å². The van der Waals surface area contributed by atoms with Gasteiger partial charge in [-0.3, -0.25) is 4.79 Å². The molecule has 0 spiro atoms. The molecule has 0 aromatic heterocycles. The van der Waals surface area contributed by atoms with Gasteiger partial charge in [0.05, 0.1) is 13.2 Å². The molecule has 1 atom stereocenters. The first-order chi connectivity index (χ1) is 8.95. The lowest BCUT2D eigenvalue weighted by Crippen LogP contribution is -2.33. The van der Waals surface area contributed by atoms with Crippen LogP contribution in [0.1, 0.15) is 30.0 Å². The summed E-state index contributed by atoms with van der Waals surface area (Å²) in [6.45, 7) is 8.61. The third kappa shape index (κ3) is 4.56. The van der Waals surface area contributed by atoms with Crippen LogP contribution in [0.4, 0.5) is 0 Å². The number of ether oxygens (including phenoxy) is 2. The third-order valence-electron chi connectivity index (χ3n) is 2.87. The van der Waals surface area contributed by atoms with Gasteiger partial charge in [0.2, 0.25) is 0 Å². The molecule has 0 saturated carbocycles. The second-order valence-corrected chi connectivity index (χ2v) is 4.72. The van der Waals surface area contributed by atoms with Crippen molar-refractivity contribution in [1.82, 2.24) is 0 Å². The Morgan fingerprint density at radius 2 is 1.84 bits per heavy atom. The zero-order valence-electron chi connectivity index (χ0n) is 12.2. The first-order valence-corrected chi connectivity index (χ1v) is 6.58. The molecule has 0 aliphatic carbocycles. The molecule has 0 amide bonds. The maximum Gasteiger partial charge on any atom is 0.323 e. The quantitative estimate of drug-likeness (QED) is 0.801. The minimum Gasteiger partial charge on any atom is -0.493 e. The molecule has 0 aliphatic rings. The minimum absolute atomic E-state index is 0.351. The second kappa shape index (κ2) is 7.14. The molecular formula is C15H23NO3. The van der Waals surface area contributed by atoms with Crippen molar-refractivity contribution in [1.29, 1.82) is 0 Å². The highest BCUT2D eigenvalue weighted by Gasteiger charge is 2.14. The van der Waals surface area contributed by atoms with E-state index >= 15 is 0 Å². The van der Waals surface area contributed by atoms with Gasteiger partial charge in [0, 0.05) is 6.42 Å². The highest BCUT2D eigenvalue weighted by Crippen LogP contribution is 2.24. The number of nitrogens with two attached hydrogens (primary N) is 1. The van der Waals surface area contributed by atoms with E-state index in [2.05, 4.69) is 19.1 Å². The van der Waals surface area contributed by atoms with Gasteiger partial charge in [-0.2, -0.15) is 0 Å². The third-order valence-corrected chi connectivity index (χ3v) is 2.87. The molecule has 1 aromatic carbocycles. The maximum absolute atomic E-state index is 11.4. The van der Waals surface area contributed by atoms with Crippen LogP contribution in [0, 0.1) is 20.8 Å². The monoisotopic (exact) mass is 265 g/mol. The van der Waals surface area contributed by atoms with Crippen molar-refractivity contribution in [3.05, 3.63) is 28.8 Å². The van der Waals surface area contributed by atoms with Crippen LogP contribution < -0.4 is 10.5 Å². The van der Waals surface area contributed by atoms with Gasteiger partial charge in [0.1, 0.15) is 11.8 Å². The summed E-state index contributed by atoms with van der Waals surface area (Å²) in [5.41, 5.74) is 9.13. The molecule has 106 valence electrons. The van der Waals surface area contributed by atoms with Gasteiger partial charge in [0.15, 0.2) is 0 Å². The topological polar surface area (TPSA) is 61.5 Å². The van der Waals surface area contributed by atoms with Crippen LogP contribution in [0.25, 0.3) is 0 Å². The summed E-state index contributed by atoms with van der Waals surface area (Å²) >= 11 is 0. The van der Waals surface area contributed by atoms with Crippen LogP contribution in [0.2, 0.25) is 0 Å². The Balaban J connectivity index is 2.52. The maximum atomic E-state index is 11.4. The van der Waals surface area contributed by atoms with Crippen molar-refractivity contribution in [3.8, 4) is 5.75 Å². The molecule has 4 heteroatoms. The summed E-state index contributed by atoms with van der Waals surface area (Å²) in [4.78, 5) is 11.4. The van der Waals surface area contributed by atoms with E-state index in [-0.39, 0.29) is 5.97 Å². The molecule has 4 nitrogen and oxygen atoms in total.